The average Bonchev–Trinajstić information content (AvgIpc) is 3.33. The van der Waals surface area contributed by atoms with Crippen LogP contribution >= 0.6 is 38.6 Å². The van der Waals surface area contributed by atoms with Gasteiger partial charge in [0, 0.05) is 17.6 Å². The van der Waals surface area contributed by atoms with E-state index >= 15 is 0 Å². The van der Waals surface area contributed by atoms with Crippen LogP contribution in [0.3, 0.4) is 0 Å². The van der Waals surface area contributed by atoms with Crippen molar-refractivity contribution in [2.75, 3.05) is 16.0 Å². The van der Waals surface area contributed by atoms with Gasteiger partial charge in [-0.05, 0) is 51.1 Å². The minimum Gasteiger partial charge on any atom is -0.359 e. The van der Waals surface area contributed by atoms with Gasteiger partial charge in [-0.3, -0.25) is 0 Å². The maximum atomic E-state index is 12.1. The zero-order valence-electron chi connectivity index (χ0n) is 12.9. The molecule has 1 unspecified atom stereocenters. The minimum atomic E-state index is -0.236. The summed E-state index contributed by atoms with van der Waals surface area (Å²) in [6.07, 6.45) is -0.0405. The number of fused-ring (bicyclic) bond motifs is 1. The first kappa shape index (κ1) is 16.4. The van der Waals surface area contributed by atoms with Crippen LogP contribution in [0.5, 0.6) is 0 Å². The molecule has 0 saturated heterocycles. The van der Waals surface area contributed by atoms with E-state index in [0.29, 0.717) is 6.54 Å². The van der Waals surface area contributed by atoms with E-state index in [1.807, 2.05) is 40.5 Å². The van der Waals surface area contributed by atoms with Gasteiger partial charge in [0.1, 0.15) is 6.17 Å². The highest BCUT2D eigenvalue weighted by molar-refractivity contribution is 9.11. The van der Waals surface area contributed by atoms with Crippen molar-refractivity contribution in [3.05, 3.63) is 55.6 Å². The zero-order valence-corrected chi connectivity index (χ0v) is 16.1. The van der Waals surface area contributed by atoms with Gasteiger partial charge in [0.25, 0.3) is 0 Å². The molecule has 4 N–H and O–H groups in total. The van der Waals surface area contributed by atoms with E-state index in [9.17, 15) is 4.79 Å². The fraction of sp³-hybridized carbons (Fsp3) is 0.125. The number of hydrogen-bond acceptors (Lipinski definition) is 6. The number of thiazole rings is 1. The first-order valence-electron chi connectivity index (χ1n) is 7.51. The molecule has 3 aromatic rings. The lowest BCUT2D eigenvalue weighted by Crippen LogP contribution is -2.28. The number of thiophene rings is 1. The molecular weight excluding hydrogens is 422 g/mol. The van der Waals surface area contributed by atoms with Crippen molar-refractivity contribution >= 4 is 61.7 Å². The Labute approximate surface area is 160 Å². The molecule has 0 spiro atoms. The van der Waals surface area contributed by atoms with Gasteiger partial charge < -0.3 is 21.3 Å². The summed E-state index contributed by atoms with van der Waals surface area (Å²) >= 11 is 6.63. The third-order valence-corrected chi connectivity index (χ3v) is 6.17. The van der Waals surface area contributed by atoms with Crippen molar-refractivity contribution < 1.29 is 4.79 Å². The molecule has 0 saturated carbocycles. The molecule has 0 fully saturated rings. The standard InChI is InChI=1S/C16H14BrN5OS2/c17-14-9(3-4-25-14)6-18-16(23)20-10-1-2-11-12(5-10)22-15(21-11)13-7-24-8-19-13/h1-5,7-8,15,21-22H,6H2,(H2,18,20,23). The lowest BCUT2D eigenvalue weighted by molar-refractivity contribution is 0.251. The molecule has 1 aliphatic rings. The molecular formula is C16H14BrN5OS2. The fourth-order valence-electron chi connectivity index (χ4n) is 2.52. The molecule has 2 amide bonds. The van der Waals surface area contributed by atoms with Gasteiger partial charge in [-0.1, -0.05) is 0 Å². The molecule has 3 heterocycles. The van der Waals surface area contributed by atoms with Crippen LogP contribution in [0.25, 0.3) is 0 Å². The number of hydrogen-bond donors (Lipinski definition) is 4. The number of nitrogens with zero attached hydrogens (tertiary/aromatic N) is 1. The predicted octanol–water partition coefficient (Wildman–Crippen LogP) is 4.83. The SMILES string of the molecule is O=C(NCc1ccsc1Br)Nc1ccc2c(c1)NC(c1cscn1)N2. The molecule has 1 atom stereocenters. The second kappa shape index (κ2) is 7.03. The maximum Gasteiger partial charge on any atom is 0.319 e. The summed E-state index contributed by atoms with van der Waals surface area (Å²) in [5, 5.41) is 16.4. The normalized spacial score (nSPS) is 15.2. The fourth-order valence-corrected chi connectivity index (χ4v) is 4.34. The molecule has 128 valence electrons. The van der Waals surface area contributed by atoms with Crippen LogP contribution in [0.1, 0.15) is 17.4 Å². The highest BCUT2D eigenvalue weighted by atomic mass is 79.9. The maximum absolute atomic E-state index is 12.1. The first-order valence-corrected chi connectivity index (χ1v) is 10.1. The monoisotopic (exact) mass is 435 g/mol. The number of aromatic nitrogens is 1. The van der Waals surface area contributed by atoms with Gasteiger partial charge in [0.15, 0.2) is 0 Å². The number of carbonyl (C=O) groups excluding carboxylic acids is 1. The minimum absolute atomic E-state index is 0.0405. The molecule has 0 aliphatic carbocycles. The van der Waals surface area contributed by atoms with E-state index in [-0.39, 0.29) is 12.2 Å². The van der Waals surface area contributed by atoms with Crippen LogP contribution in [0.2, 0.25) is 0 Å². The first-order chi connectivity index (χ1) is 12.2. The van der Waals surface area contributed by atoms with E-state index in [4.69, 9.17) is 0 Å². The number of anilines is 3. The van der Waals surface area contributed by atoms with Crippen molar-refractivity contribution in [3.63, 3.8) is 0 Å². The van der Waals surface area contributed by atoms with Crippen molar-refractivity contribution in [2.45, 2.75) is 12.7 Å². The smallest absolute Gasteiger partial charge is 0.319 e. The summed E-state index contributed by atoms with van der Waals surface area (Å²) < 4.78 is 1.04. The van der Waals surface area contributed by atoms with Gasteiger partial charge >= 0.3 is 6.03 Å². The Kier molecular flexibility index (Phi) is 4.60. The quantitative estimate of drug-likeness (QED) is 0.473. The van der Waals surface area contributed by atoms with Crippen LogP contribution in [0.4, 0.5) is 21.9 Å². The van der Waals surface area contributed by atoms with E-state index in [1.165, 1.54) is 0 Å². The van der Waals surface area contributed by atoms with Gasteiger partial charge in [-0.25, -0.2) is 9.78 Å². The topological polar surface area (TPSA) is 78.1 Å². The Morgan fingerprint density at radius 2 is 2.16 bits per heavy atom. The largest absolute Gasteiger partial charge is 0.359 e. The lowest BCUT2D eigenvalue weighted by atomic mass is 10.2. The number of benzene rings is 1. The van der Waals surface area contributed by atoms with Crippen LogP contribution in [0, 0.1) is 0 Å². The summed E-state index contributed by atoms with van der Waals surface area (Å²) in [4.78, 5) is 16.4. The second-order valence-electron chi connectivity index (χ2n) is 5.42. The van der Waals surface area contributed by atoms with Crippen molar-refractivity contribution in [2.24, 2.45) is 0 Å². The van der Waals surface area contributed by atoms with Crippen LogP contribution in [0.15, 0.2) is 44.3 Å². The highest BCUT2D eigenvalue weighted by Gasteiger charge is 2.22. The van der Waals surface area contributed by atoms with E-state index < -0.39 is 0 Å². The number of urea groups is 1. The third-order valence-electron chi connectivity index (χ3n) is 3.76. The summed E-state index contributed by atoms with van der Waals surface area (Å²) in [6.45, 7) is 0.479. The zero-order chi connectivity index (χ0) is 17.2. The van der Waals surface area contributed by atoms with Gasteiger partial charge in [-0.2, -0.15) is 0 Å². The third kappa shape index (κ3) is 3.63. The number of halogens is 1. The van der Waals surface area contributed by atoms with E-state index in [1.54, 1.807) is 22.7 Å². The second-order valence-corrected chi connectivity index (χ2v) is 8.38. The molecule has 0 bridgehead atoms. The Hall–Kier alpha value is -2.10. The van der Waals surface area contributed by atoms with Crippen LogP contribution < -0.4 is 21.3 Å². The molecule has 6 nitrogen and oxygen atoms in total. The molecule has 4 rings (SSSR count). The van der Waals surface area contributed by atoms with Crippen molar-refractivity contribution in [3.8, 4) is 0 Å². The lowest BCUT2D eigenvalue weighted by Gasteiger charge is -2.09. The summed E-state index contributed by atoms with van der Waals surface area (Å²) in [5.41, 5.74) is 6.49. The Balaban J connectivity index is 1.37. The molecule has 1 aliphatic heterocycles. The van der Waals surface area contributed by atoms with Gasteiger partial charge in [0.2, 0.25) is 0 Å². The average molecular weight is 436 g/mol. The van der Waals surface area contributed by atoms with E-state index in [0.717, 1.165) is 32.1 Å². The molecule has 25 heavy (non-hydrogen) atoms. The predicted molar refractivity (Wildman–Crippen MR) is 106 cm³/mol. The molecule has 2 aromatic heterocycles. The number of carbonyl (C=O) groups is 1. The molecule has 1 aromatic carbocycles. The van der Waals surface area contributed by atoms with Crippen LogP contribution in [-0.2, 0) is 6.54 Å². The van der Waals surface area contributed by atoms with Crippen molar-refractivity contribution in [1.82, 2.24) is 10.3 Å². The molecule has 0 radical (unpaired) electrons. The number of rotatable bonds is 4. The number of amides is 2. The van der Waals surface area contributed by atoms with E-state index in [2.05, 4.69) is 42.2 Å². The summed E-state index contributed by atoms with van der Waals surface area (Å²) in [6, 6.07) is 7.48. The van der Waals surface area contributed by atoms with Gasteiger partial charge in [-0.15, -0.1) is 22.7 Å². The number of nitrogens with one attached hydrogen (secondary N) is 4. The highest BCUT2D eigenvalue weighted by Crippen LogP contribution is 2.36. The van der Waals surface area contributed by atoms with Gasteiger partial charge in [0.05, 0.1) is 26.4 Å². The molecule has 9 heteroatoms. The summed E-state index contributed by atoms with van der Waals surface area (Å²) in [7, 11) is 0. The van der Waals surface area contributed by atoms with Crippen LogP contribution in [-0.4, -0.2) is 11.0 Å². The van der Waals surface area contributed by atoms with Crippen molar-refractivity contribution in [1.29, 1.82) is 0 Å². The Morgan fingerprint density at radius 3 is 2.92 bits per heavy atom. The Bertz CT molecular complexity index is 896. The summed E-state index contributed by atoms with van der Waals surface area (Å²) in [5.74, 6) is 0. The Morgan fingerprint density at radius 1 is 1.28 bits per heavy atom.